The van der Waals surface area contributed by atoms with Crippen molar-refractivity contribution in [2.75, 3.05) is 101 Å². The van der Waals surface area contributed by atoms with Crippen LogP contribution in [0.25, 0.3) is 0 Å². The molecule has 25 nitrogen and oxygen atoms in total. The van der Waals surface area contributed by atoms with E-state index in [1.54, 1.807) is 104 Å². The van der Waals surface area contributed by atoms with Crippen molar-refractivity contribution < 1.29 is 92.0 Å². The number of carbonyl (C=O) groups excluding carboxylic acids is 10. The summed E-state index contributed by atoms with van der Waals surface area (Å²) in [7, 11) is 7.71. The van der Waals surface area contributed by atoms with E-state index in [2.05, 4.69) is 26.6 Å². The molecule has 5 N–H and O–H groups in total. The summed E-state index contributed by atoms with van der Waals surface area (Å²) < 4.78 is 0. The Bertz CT molecular complexity index is 1690. The van der Waals surface area contributed by atoms with E-state index >= 15 is 0 Å². The van der Waals surface area contributed by atoms with Crippen LogP contribution in [0.5, 0.6) is 0 Å². The van der Waals surface area contributed by atoms with E-state index in [1.165, 1.54) is 24.5 Å². The fraction of sp³-hybridized carbons (Fsp3) is 0.818. The van der Waals surface area contributed by atoms with Gasteiger partial charge >= 0.3 is 0 Å². The smallest absolute Gasteiger partial charge is 0.227 e. The number of hydrogen-bond acceptors (Lipinski definition) is 20. The van der Waals surface area contributed by atoms with Gasteiger partial charge in [0.05, 0.1) is 89.6 Å². The van der Waals surface area contributed by atoms with Crippen LogP contribution in [0.1, 0.15) is 101 Å². The van der Waals surface area contributed by atoms with Gasteiger partial charge in [-0.3, -0.25) is 24.0 Å². The molecule has 5 aliphatic rings. The molecule has 5 heterocycles. The van der Waals surface area contributed by atoms with Gasteiger partial charge in [0.25, 0.3) is 0 Å². The Balaban J connectivity index is 0.000000985. The zero-order valence-corrected chi connectivity index (χ0v) is 52.0. The van der Waals surface area contributed by atoms with Crippen LogP contribution in [0.2, 0.25) is 0 Å². The summed E-state index contributed by atoms with van der Waals surface area (Å²) in [5.74, 6) is -7.62. The van der Waals surface area contributed by atoms with Crippen molar-refractivity contribution in [3.63, 3.8) is 0 Å². The van der Waals surface area contributed by atoms with Crippen LogP contribution in [0.4, 0.5) is 0 Å². The summed E-state index contributed by atoms with van der Waals surface area (Å²) >= 11 is 0. The Kier molecular flexibility index (Phi) is 35.1. The van der Waals surface area contributed by atoms with Crippen LogP contribution in [0.15, 0.2) is 0 Å². The van der Waals surface area contributed by atoms with Gasteiger partial charge in [0, 0.05) is 86.5 Å². The molecule has 5 fully saturated rings. The maximum atomic E-state index is 12.0. The van der Waals surface area contributed by atoms with Gasteiger partial charge in [0.15, 0.2) is 0 Å². The van der Waals surface area contributed by atoms with E-state index in [0.29, 0.717) is 32.7 Å². The largest absolute Gasteiger partial charge is 0.548 e. The minimum absolute atomic E-state index is 0. The zero-order chi connectivity index (χ0) is 61.5. The molecule has 0 saturated carbocycles. The zero-order valence-electron chi connectivity index (χ0n) is 50.6. The molecule has 81 heavy (non-hydrogen) atoms. The first-order chi connectivity index (χ1) is 37.2. The van der Waals surface area contributed by atoms with Crippen LogP contribution in [0, 0.1) is 59.2 Å². The third kappa shape index (κ3) is 23.7. The maximum Gasteiger partial charge on any atom is 0.227 e. The standard InChI is InChI=1S/5C11H20N2O3.V/c5*1-7(2)9(11(15)16)13(3)10(14)8-4-5-12-6-8;/h5*7-9,12H,4-6H2,1-3H3,(H,15,16);/p-5/t5*8-,9?;/m00000./s1. The van der Waals surface area contributed by atoms with Crippen molar-refractivity contribution >= 4 is 59.4 Å². The molecule has 1 radical (unpaired) electrons. The van der Waals surface area contributed by atoms with Crippen molar-refractivity contribution in [1.82, 2.24) is 51.1 Å². The number of nitrogens with zero attached hydrogens (tertiary/aromatic N) is 5. The second kappa shape index (κ2) is 37.3. The first kappa shape index (κ1) is 76.1. The number of carboxylic acid groups (broad SMARTS) is 5. The average Bonchev–Trinajstić information content (AvgIpc) is 4.23. The molecule has 0 aromatic heterocycles. The Morgan fingerprint density at radius 1 is 0.296 bits per heavy atom. The fourth-order valence-corrected chi connectivity index (χ4v) is 10.8. The van der Waals surface area contributed by atoms with Gasteiger partial charge in [-0.05, 0) is 94.4 Å². The molecule has 26 heteroatoms. The van der Waals surface area contributed by atoms with Crippen LogP contribution in [0.3, 0.4) is 0 Å². The predicted octanol–water partition coefficient (Wildman–Crippen LogP) is -5.86. The van der Waals surface area contributed by atoms with Crippen molar-refractivity contribution in [1.29, 1.82) is 0 Å². The van der Waals surface area contributed by atoms with Crippen molar-refractivity contribution in [3.05, 3.63) is 0 Å². The minimum Gasteiger partial charge on any atom is -0.548 e. The third-order valence-corrected chi connectivity index (χ3v) is 15.2. The number of amides is 5. The summed E-state index contributed by atoms with van der Waals surface area (Å²) in [6.07, 6.45) is 3.89. The summed E-state index contributed by atoms with van der Waals surface area (Å²) in [4.78, 5) is 121. The fourth-order valence-electron chi connectivity index (χ4n) is 10.8. The van der Waals surface area contributed by atoms with Gasteiger partial charge in [-0.1, -0.05) is 69.2 Å². The predicted molar refractivity (Wildman–Crippen MR) is 287 cm³/mol. The number of likely N-dealkylation sites (N-methyl/N-ethyl adjacent to an activating group) is 5. The van der Waals surface area contributed by atoms with E-state index in [-0.39, 0.29) is 107 Å². The molecule has 0 aromatic rings. The number of nitrogens with one attached hydrogen (secondary N) is 5. The Morgan fingerprint density at radius 2 is 0.420 bits per heavy atom. The average molecular weight is 1190 g/mol. The minimum atomic E-state index is -1.18. The number of carboxylic acids is 5. The molecule has 5 saturated heterocycles. The van der Waals surface area contributed by atoms with E-state index < -0.39 is 60.1 Å². The maximum absolute atomic E-state index is 12.0. The number of carbonyl (C=O) groups is 10. The molecule has 5 amide bonds. The van der Waals surface area contributed by atoms with Gasteiger partial charge in [-0.25, -0.2) is 0 Å². The molecular formula is C55H95N10O15V-5. The molecule has 465 valence electrons. The monoisotopic (exact) mass is 1190 g/mol. The first-order valence-corrected chi connectivity index (χ1v) is 28.2. The molecule has 0 spiro atoms. The third-order valence-electron chi connectivity index (χ3n) is 15.2. The topological polar surface area (TPSA) is 362 Å². The van der Waals surface area contributed by atoms with Gasteiger partial charge < -0.3 is 101 Å². The molecule has 5 rings (SSSR count). The summed E-state index contributed by atoms with van der Waals surface area (Å²) in [6.45, 7) is 25.1. The normalized spacial score (nSPS) is 21.9. The SMILES string of the molecule is CC(C)C(C(=O)[O-])N(C)C(=O)[C@H]1CCNC1.CC(C)C(C(=O)[O-])N(C)C(=O)[C@H]1CCNC1.CC(C)C(C(=O)[O-])N(C)C(=O)[C@H]1CCNC1.CC(C)C(C(=O)[O-])N(C)C(=O)[C@H]1CCNC1.CC(C)C(C(=O)[O-])N(C)C(=O)[C@H]1CCNC1.[V]. The second-order valence-corrected chi connectivity index (χ2v) is 23.2. The van der Waals surface area contributed by atoms with Gasteiger partial charge in [0.1, 0.15) is 0 Å². The van der Waals surface area contributed by atoms with Gasteiger partial charge in [-0.2, -0.15) is 0 Å². The summed E-state index contributed by atoms with van der Waals surface area (Å²) in [6, 6.07) is -4.20. The molecule has 0 aromatic carbocycles. The molecule has 5 unspecified atom stereocenters. The van der Waals surface area contributed by atoms with Gasteiger partial charge in [0.2, 0.25) is 29.5 Å². The van der Waals surface area contributed by atoms with E-state index in [0.717, 1.165) is 64.8 Å². The van der Waals surface area contributed by atoms with Crippen LogP contribution >= 0.6 is 0 Å². The van der Waals surface area contributed by atoms with Crippen molar-refractivity contribution in [2.45, 2.75) is 132 Å². The Labute approximate surface area is 492 Å². The summed E-state index contributed by atoms with van der Waals surface area (Å²) in [5, 5.41) is 70.4. The molecule has 5 aliphatic heterocycles. The van der Waals surface area contributed by atoms with E-state index in [4.69, 9.17) is 0 Å². The number of hydrogen-bond donors (Lipinski definition) is 5. The van der Waals surface area contributed by atoms with E-state index in [9.17, 15) is 73.5 Å². The summed E-state index contributed by atoms with van der Waals surface area (Å²) in [5.41, 5.74) is 0. The Hall–Kier alpha value is -4.92. The van der Waals surface area contributed by atoms with Crippen LogP contribution in [-0.4, -0.2) is 215 Å². The molecular weight excluding hydrogens is 1090 g/mol. The molecule has 10 atom stereocenters. The van der Waals surface area contributed by atoms with Crippen molar-refractivity contribution in [2.24, 2.45) is 59.2 Å². The molecule has 0 aliphatic carbocycles. The van der Waals surface area contributed by atoms with Crippen LogP contribution in [-0.2, 0) is 66.5 Å². The second-order valence-electron chi connectivity index (χ2n) is 23.2. The van der Waals surface area contributed by atoms with Gasteiger partial charge in [-0.15, -0.1) is 0 Å². The number of rotatable bonds is 20. The van der Waals surface area contributed by atoms with Crippen LogP contribution < -0.4 is 52.1 Å². The first-order valence-electron chi connectivity index (χ1n) is 28.2. The van der Waals surface area contributed by atoms with E-state index in [1.807, 2.05) is 0 Å². The Morgan fingerprint density at radius 3 is 0.494 bits per heavy atom. The quantitative estimate of drug-likeness (QED) is 0.0758. The van der Waals surface area contributed by atoms with Crippen molar-refractivity contribution in [3.8, 4) is 0 Å². The molecule has 0 bridgehead atoms. The number of aliphatic carboxylic acids is 5.